The van der Waals surface area contributed by atoms with Crippen molar-refractivity contribution in [2.75, 3.05) is 5.32 Å². The Morgan fingerprint density at radius 3 is 2.92 bits per heavy atom. The topological polar surface area (TPSA) is 97.1 Å². The molecule has 24 heavy (non-hydrogen) atoms. The Morgan fingerprint density at radius 2 is 2.17 bits per heavy atom. The number of aromatic nitrogens is 2. The van der Waals surface area contributed by atoms with Gasteiger partial charge in [0.1, 0.15) is 0 Å². The Hall–Kier alpha value is -2.35. The predicted octanol–water partition coefficient (Wildman–Crippen LogP) is 2.10. The van der Waals surface area contributed by atoms with Crippen molar-refractivity contribution in [2.24, 2.45) is 0 Å². The van der Waals surface area contributed by atoms with Crippen molar-refractivity contribution >= 4 is 29.3 Å². The van der Waals surface area contributed by atoms with Gasteiger partial charge < -0.3 is 15.2 Å². The van der Waals surface area contributed by atoms with E-state index in [0.29, 0.717) is 18.1 Å². The van der Waals surface area contributed by atoms with Gasteiger partial charge in [-0.1, -0.05) is 17.3 Å². The summed E-state index contributed by atoms with van der Waals surface area (Å²) in [5, 5.41) is 9.25. The van der Waals surface area contributed by atoms with Gasteiger partial charge in [0.15, 0.2) is 5.82 Å². The highest BCUT2D eigenvalue weighted by molar-refractivity contribution is 8.01. The quantitative estimate of drug-likeness (QED) is 0.880. The van der Waals surface area contributed by atoms with E-state index >= 15 is 0 Å². The highest BCUT2D eigenvalue weighted by Gasteiger charge is 2.31. The summed E-state index contributed by atoms with van der Waals surface area (Å²) in [4.78, 5) is 28.8. The molecule has 0 saturated heterocycles. The first kappa shape index (κ1) is 16.5. The standard InChI is InChI=1S/C16H18N4O3S/c1-9(21)19-16(2,3)15-18-13(23-20-15)8-12-14(22)17-10-6-4-5-7-11(10)24-12/h4-7,12H,8H2,1-3H3,(H,17,22)(H,19,21)/t12-/m1/s1. The van der Waals surface area contributed by atoms with Gasteiger partial charge in [0, 0.05) is 18.2 Å². The van der Waals surface area contributed by atoms with Gasteiger partial charge in [-0.2, -0.15) is 4.98 Å². The summed E-state index contributed by atoms with van der Waals surface area (Å²) in [7, 11) is 0. The monoisotopic (exact) mass is 346 g/mol. The van der Waals surface area contributed by atoms with Crippen molar-refractivity contribution in [3.63, 3.8) is 0 Å². The van der Waals surface area contributed by atoms with Gasteiger partial charge in [-0.05, 0) is 26.0 Å². The minimum Gasteiger partial charge on any atom is -0.344 e. The number of fused-ring (bicyclic) bond motifs is 1. The van der Waals surface area contributed by atoms with Crippen LogP contribution >= 0.6 is 11.8 Å². The second kappa shape index (κ2) is 6.27. The molecule has 1 aliphatic heterocycles. The molecule has 8 heteroatoms. The molecule has 2 amide bonds. The van der Waals surface area contributed by atoms with Gasteiger partial charge in [0.25, 0.3) is 0 Å². The lowest BCUT2D eigenvalue weighted by Crippen LogP contribution is -2.40. The molecule has 0 saturated carbocycles. The molecule has 1 atom stereocenters. The molecule has 3 rings (SSSR count). The fraction of sp³-hybridized carbons (Fsp3) is 0.375. The summed E-state index contributed by atoms with van der Waals surface area (Å²) < 4.78 is 5.27. The zero-order chi connectivity index (χ0) is 17.3. The number of nitrogens with one attached hydrogen (secondary N) is 2. The maximum atomic E-state index is 12.2. The Kier molecular flexibility index (Phi) is 4.31. The van der Waals surface area contributed by atoms with Crippen molar-refractivity contribution in [2.45, 2.75) is 42.9 Å². The molecule has 0 radical (unpaired) electrons. The Bertz CT molecular complexity index is 787. The predicted molar refractivity (Wildman–Crippen MR) is 89.6 cm³/mol. The van der Waals surface area contributed by atoms with Crippen LogP contribution in [-0.2, 0) is 21.5 Å². The molecule has 0 spiro atoms. The lowest BCUT2D eigenvalue weighted by molar-refractivity contribution is -0.120. The first-order chi connectivity index (χ1) is 11.3. The molecule has 0 bridgehead atoms. The number of amides is 2. The molecular weight excluding hydrogens is 328 g/mol. The number of nitrogens with zero attached hydrogens (tertiary/aromatic N) is 2. The largest absolute Gasteiger partial charge is 0.344 e. The van der Waals surface area contributed by atoms with Crippen molar-refractivity contribution < 1.29 is 14.1 Å². The molecular formula is C16H18N4O3S. The van der Waals surface area contributed by atoms with E-state index in [0.717, 1.165) is 10.6 Å². The summed E-state index contributed by atoms with van der Waals surface area (Å²) in [6.07, 6.45) is 0.327. The van der Waals surface area contributed by atoms with Crippen molar-refractivity contribution in [1.82, 2.24) is 15.5 Å². The van der Waals surface area contributed by atoms with Crippen LogP contribution in [0, 0.1) is 0 Å². The number of para-hydroxylation sites is 1. The molecule has 2 aromatic rings. The SMILES string of the molecule is CC(=O)NC(C)(C)c1noc(C[C@H]2Sc3ccccc3NC2=O)n1. The number of thioether (sulfide) groups is 1. The summed E-state index contributed by atoms with van der Waals surface area (Å²) in [6, 6.07) is 7.65. The van der Waals surface area contributed by atoms with Crippen LogP contribution in [0.2, 0.25) is 0 Å². The molecule has 126 valence electrons. The van der Waals surface area contributed by atoms with Crippen LogP contribution in [0.25, 0.3) is 0 Å². The van der Waals surface area contributed by atoms with E-state index in [1.807, 2.05) is 24.3 Å². The maximum Gasteiger partial charge on any atom is 0.238 e. The second-order valence-corrected chi connectivity index (χ2v) is 7.36. The number of benzene rings is 1. The van der Waals surface area contributed by atoms with Gasteiger partial charge in [-0.25, -0.2) is 0 Å². The van der Waals surface area contributed by atoms with Gasteiger partial charge in [-0.3, -0.25) is 9.59 Å². The van der Waals surface area contributed by atoms with Gasteiger partial charge in [0.05, 0.1) is 16.5 Å². The first-order valence-electron chi connectivity index (χ1n) is 7.53. The lowest BCUT2D eigenvalue weighted by Gasteiger charge is -2.23. The van der Waals surface area contributed by atoms with Crippen LogP contribution in [0.1, 0.15) is 32.5 Å². The smallest absolute Gasteiger partial charge is 0.238 e. The summed E-state index contributed by atoms with van der Waals surface area (Å²) in [5.41, 5.74) is 0.0871. The number of carbonyl (C=O) groups excluding carboxylic acids is 2. The Balaban J connectivity index is 1.73. The van der Waals surface area contributed by atoms with E-state index in [4.69, 9.17) is 4.52 Å². The lowest BCUT2D eigenvalue weighted by atomic mass is 10.1. The minimum atomic E-state index is -0.734. The van der Waals surface area contributed by atoms with Crippen molar-refractivity contribution in [3.8, 4) is 0 Å². The highest BCUT2D eigenvalue weighted by atomic mass is 32.2. The van der Waals surface area contributed by atoms with Gasteiger partial charge in [0.2, 0.25) is 17.7 Å². The average Bonchev–Trinajstić information content (AvgIpc) is 2.96. The van der Waals surface area contributed by atoms with Crippen LogP contribution in [0.4, 0.5) is 5.69 Å². The Morgan fingerprint density at radius 1 is 1.42 bits per heavy atom. The second-order valence-electron chi connectivity index (χ2n) is 6.11. The first-order valence-corrected chi connectivity index (χ1v) is 8.41. The number of anilines is 1. The summed E-state index contributed by atoms with van der Waals surface area (Å²) in [6.45, 7) is 5.02. The van der Waals surface area contributed by atoms with Crippen LogP contribution in [-0.4, -0.2) is 27.2 Å². The van der Waals surface area contributed by atoms with Crippen molar-refractivity contribution in [1.29, 1.82) is 0 Å². The third-order valence-electron chi connectivity index (χ3n) is 3.58. The molecule has 0 fully saturated rings. The van der Waals surface area contributed by atoms with Crippen LogP contribution in [0.5, 0.6) is 0 Å². The van der Waals surface area contributed by atoms with E-state index < -0.39 is 5.54 Å². The van der Waals surface area contributed by atoms with Gasteiger partial charge in [-0.15, -0.1) is 11.8 Å². The minimum absolute atomic E-state index is 0.0837. The molecule has 2 N–H and O–H groups in total. The van der Waals surface area contributed by atoms with E-state index in [9.17, 15) is 9.59 Å². The van der Waals surface area contributed by atoms with E-state index in [1.165, 1.54) is 18.7 Å². The average molecular weight is 346 g/mol. The molecule has 2 heterocycles. The third kappa shape index (κ3) is 3.43. The summed E-state index contributed by atoms with van der Waals surface area (Å²) in [5.74, 6) is 0.495. The highest BCUT2D eigenvalue weighted by Crippen LogP contribution is 2.36. The molecule has 1 aliphatic rings. The Labute approximate surface area is 143 Å². The number of hydrogen-bond acceptors (Lipinski definition) is 6. The number of carbonyl (C=O) groups is 2. The van der Waals surface area contributed by atoms with Gasteiger partial charge >= 0.3 is 0 Å². The molecule has 0 aliphatic carbocycles. The molecule has 1 aromatic carbocycles. The fourth-order valence-corrected chi connectivity index (χ4v) is 3.57. The third-order valence-corrected chi connectivity index (χ3v) is 4.86. The van der Waals surface area contributed by atoms with E-state index in [1.54, 1.807) is 13.8 Å². The number of hydrogen-bond donors (Lipinski definition) is 2. The normalized spacial score (nSPS) is 17.1. The molecule has 0 unspecified atom stereocenters. The van der Waals surface area contributed by atoms with E-state index in [2.05, 4.69) is 20.8 Å². The maximum absolute atomic E-state index is 12.2. The van der Waals surface area contributed by atoms with Crippen LogP contribution in [0.3, 0.4) is 0 Å². The summed E-state index contributed by atoms with van der Waals surface area (Å²) >= 11 is 1.48. The zero-order valence-corrected chi connectivity index (χ0v) is 14.4. The van der Waals surface area contributed by atoms with Crippen molar-refractivity contribution in [3.05, 3.63) is 36.0 Å². The van der Waals surface area contributed by atoms with Crippen LogP contribution in [0.15, 0.2) is 33.7 Å². The zero-order valence-electron chi connectivity index (χ0n) is 13.6. The van der Waals surface area contributed by atoms with E-state index in [-0.39, 0.29) is 17.1 Å². The molecule has 7 nitrogen and oxygen atoms in total. The fourth-order valence-electron chi connectivity index (χ4n) is 2.47. The molecule has 1 aromatic heterocycles. The van der Waals surface area contributed by atoms with Crippen LogP contribution < -0.4 is 10.6 Å². The number of rotatable bonds is 4.